The summed E-state index contributed by atoms with van der Waals surface area (Å²) in [6, 6.07) is 0. The minimum atomic E-state index is -0.296. The van der Waals surface area contributed by atoms with Gasteiger partial charge in [-0.25, -0.2) is 0 Å². The molecule has 12 heavy (non-hydrogen) atoms. The number of carbonyl (C=O) groups is 2. The van der Waals surface area contributed by atoms with E-state index in [9.17, 15) is 9.59 Å². The summed E-state index contributed by atoms with van der Waals surface area (Å²) in [5, 5.41) is 0. The molecular weight excluding hydrogens is 154 g/mol. The number of hydrogen-bond donors (Lipinski definition) is 0. The van der Waals surface area contributed by atoms with E-state index in [-0.39, 0.29) is 11.6 Å². The summed E-state index contributed by atoms with van der Waals surface area (Å²) in [7, 11) is 3.69. The van der Waals surface area contributed by atoms with Crippen molar-refractivity contribution in [3.8, 4) is 0 Å². The summed E-state index contributed by atoms with van der Waals surface area (Å²) in [6.45, 7) is 0. The van der Waals surface area contributed by atoms with Crippen molar-refractivity contribution in [2.75, 3.05) is 14.1 Å². The van der Waals surface area contributed by atoms with E-state index in [1.165, 1.54) is 0 Å². The lowest BCUT2D eigenvalue weighted by atomic mass is 9.93. The zero-order valence-electron chi connectivity index (χ0n) is 7.46. The van der Waals surface area contributed by atoms with Crippen LogP contribution in [0.4, 0.5) is 0 Å². The highest BCUT2D eigenvalue weighted by atomic mass is 16.2. The zero-order chi connectivity index (χ0) is 9.14. The van der Waals surface area contributed by atoms with Crippen molar-refractivity contribution in [2.45, 2.75) is 19.3 Å². The maximum atomic E-state index is 11.2. The third kappa shape index (κ3) is 1.94. The van der Waals surface area contributed by atoms with Crippen LogP contribution in [-0.2, 0) is 9.59 Å². The molecule has 1 saturated carbocycles. The van der Waals surface area contributed by atoms with Gasteiger partial charge in [-0.3, -0.25) is 9.59 Å². The Hall–Kier alpha value is -1.12. The van der Waals surface area contributed by atoms with Gasteiger partial charge in [0.15, 0.2) is 0 Å². The standard InChI is InChI=1S/C9H13NO2/c1-10(2)6-7-4-3-5-8(11)9(7)12/h6H,3-5H2,1-2H3/b7-6-. The second-order valence-electron chi connectivity index (χ2n) is 3.22. The van der Waals surface area contributed by atoms with Crippen LogP contribution in [0.3, 0.4) is 0 Å². The molecule has 3 nitrogen and oxygen atoms in total. The second-order valence-corrected chi connectivity index (χ2v) is 3.22. The quantitative estimate of drug-likeness (QED) is 0.427. The van der Waals surface area contributed by atoms with Crippen LogP contribution in [-0.4, -0.2) is 30.6 Å². The van der Waals surface area contributed by atoms with Crippen LogP contribution in [0.1, 0.15) is 19.3 Å². The topological polar surface area (TPSA) is 37.4 Å². The minimum absolute atomic E-state index is 0.241. The van der Waals surface area contributed by atoms with Gasteiger partial charge < -0.3 is 4.90 Å². The van der Waals surface area contributed by atoms with Crippen molar-refractivity contribution in [2.24, 2.45) is 0 Å². The van der Waals surface area contributed by atoms with Crippen LogP contribution in [0.15, 0.2) is 11.8 Å². The lowest BCUT2D eigenvalue weighted by Crippen LogP contribution is -2.22. The smallest absolute Gasteiger partial charge is 0.225 e. The molecule has 0 amide bonds. The van der Waals surface area contributed by atoms with Gasteiger partial charge in [0.2, 0.25) is 11.6 Å². The molecule has 0 unspecified atom stereocenters. The van der Waals surface area contributed by atoms with E-state index >= 15 is 0 Å². The highest BCUT2D eigenvalue weighted by Gasteiger charge is 2.23. The normalized spacial score (nSPS) is 21.7. The van der Waals surface area contributed by atoms with E-state index in [1.807, 2.05) is 14.1 Å². The molecule has 0 heterocycles. The summed E-state index contributed by atoms with van der Waals surface area (Å²) >= 11 is 0. The fraction of sp³-hybridized carbons (Fsp3) is 0.556. The predicted molar refractivity (Wildman–Crippen MR) is 45.6 cm³/mol. The van der Waals surface area contributed by atoms with Gasteiger partial charge in [0.1, 0.15) is 0 Å². The average molecular weight is 167 g/mol. The highest BCUT2D eigenvalue weighted by molar-refractivity contribution is 6.44. The fourth-order valence-electron chi connectivity index (χ4n) is 1.28. The van der Waals surface area contributed by atoms with E-state index in [4.69, 9.17) is 0 Å². The second kappa shape index (κ2) is 3.52. The number of ketones is 2. The molecule has 1 aliphatic rings. The van der Waals surface area contributed by atoms with Gasteiger partial charge in [0.25, 0.3) is 0 Å². The minimum Gasteiger partial charge on any atom is -0.383 e. The Balaban J connectivity index is 2.77. The Morgan fingerprint density at radius 3 is 2.50 bits per heavy atom. The number of Topliss-reactive ketones (excluding diaryl/α,β-unsaturated/α-hetero) is 2. The Kier molecular flexibility index (Phi) is 2.63. The van der Waals surface area contributed by atoms with Crippen LogP contribution in [0.25, 0.3) is 0 Å². The molecule has 0 aromatic rings. The first kappa shape index (κ1) is 8.97. The average Bonchev–Trinajstić information content (AvgIpc) is 1.98. The Bertz CT molecular complexity index is 241. The lowest BCUT2D eigenvalue weighted by molar-refractivity contribution is -0.135. The Morgan fingerprint density at radius 1 is 1.25 bits per heavy atom. The van der Waals surface area contributed by atoms with E-state index in [0.717, 1.165) is 12.8 Å². The molecule has 1 fully saturated rings. The molecular formula is C9H13NO2. The monoisotopic (exact) mass is 167 g/mol. The van der Waals surface area contributed by atoms with Gasteiger partial charge in [-0.1, -0.05) is 0 Å². The van der Waals surface area contributed by atoms with Crippen molar-refractivity contribution in [3.63, 3.8) is 0 Å². The molecule has 0 radical (unpaired) electrons. The predicted octanol–water partition coefficient (Wildman–Crippen LogP) is 0.754. The van der Waals surface area contributed by atoms with E-state index in [2.05, 4.69) is 0 Å². The van der Waals surface area contributed by atoms with Gasteiger partial charge in [-0.15, -0.1) is 0 Å². The molecule has 1 rings (SSSR count). The van der Waals surface area contributed by atoms with E-state index in [0.29, 0.717) is 12.0 Å². The van der Waals surface area contributed by atoms with Crippen LogP contribution in [0.2, 0.25) is 0 Å². The van der Waals surface area contributed by atoms with Gasteiger partial charge in [0, 0.05) is 32.3 Å². The molecule has 0 saturated heterocycles. The molecule has 3 heteroatoms. The first-order valence-electron chi connectivity index (χ1n) is 4.06. The summed E-state index contributed by atoms with van der Waals surface area (Å²) in [5.74, 6) is -0.538. The van der Waals surface area contributed by atoms with E-state index in [1.54, 1.807) is 11.1 Å². The summed E-state index contributed by atoms with van der Waals surface area (Å²) in [4.78, 5) is 24.0. The lowest BCUT2D eigenvalue weighted by Gasteiger charge is -2.14. The maximum absolute atomic E-state index is 11.2. The van der Waals surface area contributed by atoms with Gasteiger partial charge >= 0.3 is 0 Å². The van der Waals surface area contributed by atoms with Crippen LogP contribution in [0.5, 0.6) is 0 Å². The molecule has 0 N–H and O–H groups in total. The Labute approximate surface area is 72.0 Å². The van der Waals surface area contributed by atoms with Crippen LogP contribution < -0.4 is 0 Å². The molecule has 0 bridgehead atoms. The number of carbonyl (C=O) groups excluding carboxylic acids is 2. The molecule has 1 aliphatic carbocycles. The summed E-state index contributed by atoms with van der Waals surface area (Å²) in [6.07, 6.45) is 3.70. The summed E-state index contributed by atoms with van der Waals surface area (Å²) in [5.41, 5.74) is 0.649. The maximum Gasteiger partial charge on any atom is 0.225 e. The third-order valence-electron chi connectivity index (χ3n) is 1.81. The van der Waals surface area contributed by atoms with Crippen molar-refractivity contribution in [1.29, 1.82) is 0 Å². The zero-order valence-corrected chi connectivity index (χ0v) is 7.46. The SMILES string of the molecule is CN(C)/C=C1/CCCC(=O)C1=O. The van der Waals surface area contributed by atoms with Crippen molar-refractivity contribution >= 4 is 11.6 Å². The van der Waals surface area contributed by atoms with Crippen LogP contribution >= 0.6 is 0 Å². The van der Waals surface area contributed by atoms with Crippen molar-refractivity contribution in [1.82, 2.24) is 4.90 Å². The number of hydrogen-bond acceptors (Lipinski definition) is 3. The number of nitrogens with zero attached hydrogens (tertiary/aromatic N) is 1. The van der Waals surface area contributed by atoms with Gasteiger partial charge in [-0.2, -0.15) is 0 Å². The Morgan fingerprint density at radius 2 is 1.92 bits per heavy atom. The fourth-order valence-corrected chi connectivity index (χ4v) is 1.28. The molecule has 0 atom stereocenters. The van der Waals surface area contributed by atoms with E-state index < -0.39 is 0 Å². The van der Waals surface area contributed by atoms with Gasteiger partial charge in [0.05, 0.1) is 0 Å². The highest BCUT2D eigenvalue weighted by Crippen LogP contribution is 2.17. The van der Waals surface area contributed by atoms with Crippen LogP contribution in [0, 0.1) is 0 Å². The molecule has 0 spiro atoms. The van der Waals surface area contributed by atoms with Crippen molar-refractivity contribution in [3.05, 3.63) is 11.8 Å². The van der Waals surface area contributed by atoms with Gasteiger partial charge in [-0.05, 0) is 12.8 Å². The largest absolute Gasteiger partial charge is 0.383 e. The number of rotatable bonds is 1. The summed E-state index contributed by atoms with van der Waals surface area (Å²) < 4.78 is 0. The van der Waals surface area contributed by atoms with Crippen molar-refractivity contribution < 1.29 is 9.59 Å². The first-order chi connectivity index (χ1) is 5.61. The molecule has 66 valence electrons. The first-order valence-corrected chi connectivity index (χ1v) is 4.06. The molecule has 0 aliphatic heterocycles. The number of allylic oxidation sites excluding steroid dienone is 1. The molecule has 0 aromatic heterocycles. The third-order valence-corrected chi connectivity index (χ3v) is 1.81. The molecule has 0 aromatic carbocycles.